The van der Waals surface area contributed by atoms with Gasteiger partial charge >= 0.3 is 6.18 Å². The van der Waals surface area contributed by atoms with E-state index >= 15 is 0 Å². The van der Waals surface area contributed by atoms with Gasteiger partial charge in [0.15, 0.2) is 5.82 Å². The second kappa shape index (κ2) is 9.38. The lowest BCUT2D eigenvalue weighted by molar-refractivity contribution is -0.141. The topological polar surface area (TPSA) is 84.8 Å². The number of nitrogens with one attached hydrogen (secondary N) is 1. The van der Waals surface area contributed by atoms with Gasteiger partial charge in [0.2, 0.25) is 0 Å². The lowest BCUT2D eigenvalue weighted by Gasteiger charge is -2.19. The summed E-state index contributed by atoms with van der Waals surface area (Å²) >= 11 is 1.15. The number of benzene rings is 1. The Labute approximate surface area is 211 Å². The van der Waals surface area contributed by atoms with Gasteiger partial charge in [0.05, 0.1) is 5.69 Å². The molecule has 1 N–H and O–H groups in total. The molecule has 0 saturated carbocycles. The molecule has 0 aliphatic heterocycles. The van der Waals surface area contributed by atoms with E-state index in [4.69, 9.17) is 0 Å². The van der Waals surface area contributed by atoms with Crippen LogP contribution < -0.4 is 4.72 Å². The molecule has 11 heteroatoms. The minimum atomic E-state index is -4.52. The van der Waals surface area contributed by atoms with E-state index in [0.717, 1.165) is 34.0 Å². The van der Waals surface area contributed by atoms with Crippen LogP contribution in [0.5, 0.6) is 0 Å². The maximum atomic E-state index is 12.9. The summed E-state index contributed by atoms with van der Waals surface area (Å²) in [5.41, 5.74) is 1.41. The van der Waals surface area contributed by atoms with E-state index in [1.165, 1.54) is 6.07 Å². The average molecular weight is 533 g/mol. The second-order valence-corrected chi connectivity index (χ2v) is 12.2. The predicted octanol–water partition coefficient (Wildman–Crippen LogP) is 6.34. The summed E-state index contributed by atoms with van der Waals surface area (Å²) in [5, 5.41) is 0. The number of hydrogen-bond donors (Lipinski definition) is 1. The molecule has 36 heavy (non-hydrogen) atoms. The zero-order valence-corrected chi connectivity index (χ0v) is 21.5. The summed E-state index contributed by atoms with van der Waals surface area (Å²) < 4.78 is 66.8. The molecule has 0 radical (unpaired) electrons. The minimum Gasteiger partial charge on any atom is -0.251 e. The van der Waals surface area contributed by atoms with Crippen LogP contribution in [0.2, 0.25) is 0 Å². The molecule has 4 aromatic rings. The summed E-state index contributed by atoms with van der Waals surface area (Å²) in [6.07, 6.45) is -3.38. The summed E-state index contributed by atoms with van der Waals surface area (Å²) in [5.74, 6) is 0.394. The molecule has 0 fully saturated rings. The Balaban J connectivity index is 1.67. The smallest absolute Gasteiger partial charge is 0.251 e. The number of aromatic nitrogens is 3. The molecule has 188 valence electrons. The molecule has 0 saturated heterocycles. The van der Waals surface area contributed by atoms with Gasteiger partial charge in [-0.1, -0.05) is 18.2 Å². The summed E-state index contributed by atoms with van der Waals surface area (Å²) in [4.78, 5) is 13.3. The maximum absolute atomic E-state index is 12.9. The van der Waals surface area contributed by atoms with Crippen molar-refractivity contribution >= 4 is 21.4 Å². The SMILES string of the molecule is Cc1cc(-c2ccc(C(F)(F)F)nc2)nc(-c2cccc(-c3ccc(S(=O)(=O)NC(C)(C)C)s3)c2)n1. The first-order chi connectivity index (χ1) is 16.7. The Morgan fingerprint density at radius 2 is 1.61 bits per heavy atom. The van der Waals surface area contributed by atoms with Gasteiger partial charge in [-0.25, -0.2) is 23.1 Å². The molecule has 0 bridgehead atoms. The van der Waals surface area contributed by atoms with Crippen LogP contribution in [0.4, 0.5) is 13.2 Å². The minimum absolute atomic E-state index is 0.210. The number of sulfonamides is 1. The van der Waals surface area contributed by atoms with Crippen molar-refractivity contribution in [1.82, 2.24) is 19.7 Å². The van der Waals surface area contributed by atoms with E-state index in [1.807, 2.05) is 24.3 Å². The van der Waals surface area contributed by atoms with Gasteiger partial charge in [-0.15, -0.1) is 11.3 Å². The molecule has 0 spiro atoms. The molecule has 0 amide bonds. The highest BCUT2D eigenvalue weighted by molar-refractivity contribution is 7.91. The van der Waals surface area contributed by atoms with Gasteiger partial charge in [0.1, 0.15) is 9.90 Å². The normalized spacial score (nSPS) is 12.6. The fraction of sp³-hybridized carbons (Fsp3) is 0.240. The zero-order chi connectivity index (χ0) is 26.3. The molecular weight excluding hydrogens is 509 g/mol. The number of pyridine rings is 1. The van der Waals surface area contributed by atoms with Crippen LogP contribution in [0.25, 0.3) is 33.1 Å². The Bertz CT molecular complexity index is 1510. The van der Waals surface area contributed by atoms with Crippen LogP contribution >= 0.6 is 11.3 Å². The monoisotopic (exact) mass is 532 g/mol. The van der Waals surface area contributed by atoms with E-state index in [2.05, 4.69) is 19.7 Å². The van der Waals surface area contributed by atoms with Crippen LogP contribution in [-0.2, 0) is 16.2 Å². The van der Waals surface area contributed by atoms with E-state index < -0.39 is 27.4 Å². The Hall–Kier alpha value is -3.15. The third kappa shape index (κ3) is 5.97. The van der Waals surface area contributed by atoms with Crippen LogP contribution in [0.1, 0.15) is 32.2 Å². The number of nitrogens with zero attached hydrogens (tertiary/aromatic N) is 3. The number of aryl methyl sites for hydroxylation is 1. The largest absolute Gasteiger partial charge is 0.433 e. The number of rotatable bonds is 5. The summed E-state index contributed by atoms with van der Waals surface area (Å²) in [7, 11) is -3.65. The van der Waals surface area contributed by atoms with Gasteiger partial charge in [0, 0.05) is 33.4 Å². The molecule has 3 aromatic heterocycles. The first-order valence-electron chi connectivity index (χ1n) is 10.9. The molecular formula is C25H23F3N4O2S2. The van der Waals surface area contributed by atoms with Crippen molar-refractivity contribution in [2.45, 2.75) is 43.6 Å². The van der Waals surface area contributed by atoms with Gasteiger partial charge in [-0.2, -0.15) is 13.2 Å². The van der Waals surface area contributed by atoms with Crippen molar-refractivity contribution in [2.75, 3.05) is 0 Å². The van der Waals surface area contributed by atoms with Gasteiger partial charge in [-0.3, -0.25) is 4.98 Å². The Morgan fingerprint density at radius 1 is 0.889 bits per heavy atom. The predicted molar refractivity (Wildman–Crippen MR) is 134 cm³/mol. The quantitative estimate of drug-likeness (QED) is 0.324. The fourth-order valence-electron chi connectivity index (χ4n) is 3.44. The Morgan fingerprint density at radius 3 is 2.25 bits per heavy atom. The third-order valence-electron chi connectivity index (χ3n) is 4.90. The number of thiophene rings is 1. The first kappa shape index (κ1) is 25.9. The maximum Gasteiger partial charge on any atom is 0.433 e. The van der Waals surface area contributed by atoms with Gasteiger partial charge in [-0.05, 0) is 69.7 Å². The van der Waals surface area contributed by atoms with Crippen LogP contribution in [0.15, 0.2) is 65.0 Å². The van der Waals surface area contributed by atoms with Crippen molar-refractivity contribution in [2.24, 2.45) is 0 Å². The summed E-state index contributed by atoms with van der Waals surface area (Å²) in [6.45, 7) is 7.10. The molecule has 0 unspecified atom stereocenters. The van der Waals surface area contributed by atoms with Crippen LogP contribution in [0.3, 0.4) is 0 Å². The molecule has 3 heterocycles. The first-order valence-corrected chi connectivity index (χ1v) is 13.2. The fourth-order valence-corrected chi connectivity index (χ4v) is 6.16. The van der Waals surface area contributed by atoms with E-state index in [9.17, 15) is 21.6 Å². The van der Waals surface area contributed by atoms with Crippen molar-refractivity contribution in [3.05, 3.63) is 72.2 Å². The molecule has 0 aliphatic rings. The molecule has 0 atom stereocenters. The van der Waals surface area contributed by atoms with Crippen molar-refractivity contribution in [1.29, 1.82) is 0 Å². The van der Waals surface area contributed by atoms with Gasteiger partial charge < -0.3 is 0 Å². The standard InChI is InChI=1S/C25H23F3N4O2S2/c1-15-12-19(18-8-10-21(29-14-18)25(26,27)28)31-23(30-15)17-7-5-6-16(13-17)20-9-11-22(35-20)36(33,34)32-24(2,3)4/h5-14,32H,1-4H3. The highest BCUT2D eigenvalue weighted by Crippen LogP contribution is 2.34. The van der Waals surface area contributed by atoms with Gasteiger partial charge in [0.25, 0.3) is 10.0 Å². The highest BCUT2D eigenvalue weighted by Gasteiger charge is 2.32. The number of halogens is 3. The number of hydrogen-bond acceptors (Lipinski definition) is 6. The molecule has 6 nitrogen and oxygen atoms in total. The van der Waals surface area contributed by atoms with Crippen molar-refractivity contribution in [3.63, 3.8) is 0 Å². The third-order valence-corrected chi connectivity index (χ3v) is 8.28. The molecule has 0 aliphatic carbocycles. The van der Waals surface area contributed by atoms with Crippen LogP contribution in [0, 0.1) is 6.92 Å². The Kier molecular flexibility index (Phi) is 6.76. The lowest BCUT2D eigenvalue weighted by Crippen LogP contribution is -2.40. The van der Waals surface area contributed by atoms with E-state index in [1.54, 1.807) is 45.9 Å². The number of alkyl halides is 3. The second-order valence-electron chi connectivity index (χ2n) is 9.20. The average Bonchev–Trinajstić information content (AvgIpc) is 3.28. The molecule has 4 rings (SSSR count). The molecule has 1 aromatic carbocycles. The van der Waals surface area contributed by atoms with Crippen molar-refractivity contribution in [3.8, 4) is 33.1 Å². The zero-order valence-electron chi connectivity index (χ0n) is 19.9. The van der Waals surface area contributed by atoms with E-state index in [0.29, 0.717) is 28.3 Å². The van der Waals surface area contributed by atoms with E-state index in [-0.39, 0.29) is 4.21 Å². The summed E-state index contributed by atoms with van der Waals surface area (Å²) in [6, 6.07) is 14.6. The van der Waals surface area contributed by atoms with Crippen molar-refractivity contribution < 1.29 is 21.6 Å². The van der Waals surface area contributed by atoms with Crippen LogP contribution in [-0.4, -0.2) is 28.9 Å². The highest BCUT2D eigenvalue weighted by atomic mass is 32.2. The lowest BCUT2D eigenvalue weighted by atomic mass is 10.1.